The van der Waals surface area contributed by atoms with Gasteiger partial charge in [0, 0.05) is 5.69 Å². The standard InChI is InChI=1S/C17H20N2O/c20-18-14-17-13-7-12-16(19-17)11-6-2-5-10-15-8-3-1-4-9-15/h1,3-4,7-9,12-14,20H,2,5-6,10-11H2. The molecule has 20 heavy (non-hydrogen) atoms. The average Bonchev–Trinajstić information content (AvgIpc) is 2.49. The summed E-state index contributed by atoms with van der Waals surface area (Å²) in [5.41, 5.74) is 3.17. The number of hydrogen-bond donors (Lipinski definition) is 1. The Hall–Kier alpha value is -2.16. The zero-order valence-electron chi connectivity index (χ0n) is 11.6. The van der Waals surface area contributed by atoms with Crippen LogP contribution in [0.2, 0.25) is 0 Å². The van der Waals surface area contributed by atoms with E-state index < -0.39 is 0 Å². The first kappa shape index (κ1) is 14.3. The van der Waals surface area contributed by atoms with Crippen molar-refractivity contribution in [3.05, 3.63) is 65.5 Å². The topological polar surface area (TPSA) is 45.5 Å². The predicted molar refractivity (Wildman–Crippen MR) is 81.3 cm³/mol. The third-order valence-corrected chi connectivity index (χ3v) is 3.26. The molecule has 0 radical (unpaired) electrons. The van der Waals surface area contributed by atoms with E-state index >= 15 is 0 Å². The molecule has 0 atom stereocenters. The van der Waals surface area contributed by atoms with Gasteiger partial charge in [-0.15, -0.1) is 0 Å². The minimum atomic E-state index is 0.703. The van der Waals surface area contributed by atoms with Gasteiger partial charge in [0.25, 0.3) is 0 Å². The molecule has 0 saturated heterocycles. The summed E-state index contributed by atoms with van der Waals surface area (Å²) in [7, 11) is 0. The zero-order valence-corrected chi connectivity index (χ0v) is 11.6. The van der Waals surface area contributed by atoms with E-state index in [4.69, 9.17) is 5.21 Å². The summed E-state index contributed by atoms with van der Waals surface area (Å²) in [6.07, 6.45) is 7.03. The number of aromatic nitrogens is 1. The van der Waals surface area contributed by atoms with Gasteiger partial charge in [-0.25, -0.2) is 0 Å². The third kappa shape index (κ3) is 4.84. The van der Waals surface area contributed by atoms with Gasteiger partial charge in [0.05, 0.1) is 11.9 Å². The predicted octanol–water partition coefficient (Wildman–Crippen LogP) is 3.85. The van der Waals surface area contributed by atoms with Gasteiger partial charge in [-0.3, -0.25) is 4.98 Å². The van der Waals surface area contributed by atoms with Crippen molar-refractivity contribution in [2.24, 2.45) is 5.16 Å². The van der Waals surface area contributed by atoms with E-state index in [1.54, 1.807) is 0 Å². The second-order valence-electron chi connectivity index (χ2n) is 4.84. The van der Waals surface area contributed by atoms with Crippen molar-refractivity contribution in [3.63, 3.8) is 0 Å². The second kappa shape index (κ2) is 8.10. The maximum Gasteiger partial charge on any atom is 0.0918 e. The SMILES string of the molecule is ON=Cc1cccc(CCCCCc2ccccc2)n1. The third-order valence-electron chi connectivity index (χ3n) is 3.26. The first-order valence-corrected chi connectivity index (χ1v) is 7.06. The summed E-state index contributed by atoms with van der Waals surface area (Å²) < 4.78 is 0. The number of oxime groups is 1. The highest BCUT2D eigenvalue weighted by Crippen LogP contribution is 2.09. The normalized spacial score (nSPS) is 11.0. The second-order valence-corrected chi connectivity index (χ2v) is 4.84. The van der Waals surface area contributed by atoms with Crippen LogP contribution in [0.5, 0.6) is 0 Å². The van der Waals surface area contributed by atoms with E-state index in [9.17, 15) is 0 Å². The van der Waals surface area contributed by atoms with Crippen LogP contribution in [-0.2, 0) is 12.8 Å². The molecule has 1 aromatic carbocycles. The Kier molecular flexibility index (Phi) is 5.77. The number of rotatable bonds is 7. The highest BCUT2D eigenvalue weighted by atomic mass is 16.4. The van der Waals surface area contributed by atoms with Crippen molar-refractivity contribution in [1.82, 2.24) is 4.98 Å². The number of pyridine rings is 1. The van der Waals surface area contributed by atoms with E-state index in [-0.39, 0.29) is 0 Å². The molecule has 0 saturated carbocycles. The number of benzene rings is 1. The minimum absolute atomic E-state index is 0.703. The van der Waals surface area contributed by atoms with Crippen LogP contribution in [0.15, 0.2) is 53.7 Å². The number of aryl methyl sites for hydroxylation is 2. The highest BCUT2D eigenvalue weighted by Gasteiger charge is 1.98. The van der Waals surface area contributed by atoms with Gasteiger partial charge in [0.1, 0.15) is 0 Å². The maximum absolute atomic E-state index is 8.49. The number of nitrogens with zero attached hydrogens (tertiary/aromatic N) is 2. The fourth-order valence-electron chi connectivity index (χ4n) is 2.23. The molecule has 3 nitrogen and oxygen atoms in total. The maximum atomic E-state index is 8.49. The van der Waals surface area contributed by atoms with Gasteiger partial charge in [0.15, 0.2) is 0 Å². The largest absolute Gasteiger partial charge is 0.411 e. The molecule has 3 heteroatoms. The fourth-order valence-corrected chi connectivity index (χ4v) is 2.23. The molecule has 2 aromatic rings. The van der Waals surface area contributed by atoms with E-state index in [0.29, 0.717) is 5.69 Å². The van der Waals surface area contributed by atoms with Gasteiger partial charge in [-0.05, 0) is 43.4 Å². The fraction of sp³-hybridized carbons (Fsp3) is 0.294. The lowest BCUT2D eigenvalue weighted by atomic mass is 10.1. The van der Waals surface area contributed by atoms with E-state index in [2.05, 4.69) is 40.5 Å². The van der Waals surface area contributed by atoms with Crippen LogP contribution >= 0.6 is 0 Å². The Labute approximate surface area is 120 Å². The molecule has 1 N–H and O–H groups in total. The van der Waals surface area contributed by atoms with Gasteiger partial charge >= 0.3 is 0 Å². The first-order valence-electron chi connectivity index (χ1n) is 7.06. The highest BCUT2D eigenvalue weighted by molar-refractivity contribution is 5.76. The molecule has 0 aliphatic rings. The molecular weight excluding hydrogens is 248 g/mol. The van der Waals surface area contributed by atoms with Crippen LogP contribution < -0.4 is 0 Å². The molecular formula is C17H20N2O. The van der Waals surface area contributed by atoms with Gasteiger partial charge in [-0.1, -0.05) is 48.0 Å². The average molecular weight is 268 g/mol. The molecule has 0 unspecified atom stereocenters. The van der Waals surface area contributed by atoms with Crippen LogP contribution in [0.4, 0.5) is 0 Å². The summed E-state index contributed by atoms with van der Waals surface area (Å²) in [5.74, 6) is 0. The monoisotopic (exact) mass is 268 g/mol. The molecule has 0 aliphatic carbocycles. The van der Waals surface area contributed by atoms with Crippen molar-refractivity contribution < 1.29 is 5.21 Å². The summed E-state index contributed by atoms with van der Waals surface area (Å²) in [6, 6.07) is 16.4. The van der Waals surface area contributed by atoms with Gasteiger partial charge in [-0.2, -0.15) is 0 Å². The molecule has 0 aliphatic heterocycles. The van der Waals surface area contributed by atoms with E-state index in [0.717, 1.165) is 25.0 Å². The molecule has 1 heterocycles. The molecule has 0 bridgehead atoms. The Morgan fingerprint density at radius 2 is 1.70 bits per heavy atom. The molecule has 0 amide bonds. The van der Waals surface area contributed by atoms with E-state index in [1.165, 1.54) is 24.6 Å². The lowest BCUT2D eigenvalue weighted by Crippen LogP contribution is -1.95. The smallest absolute Gasteiger partial charge is 0.0918 e. The number of hydrogen-bond acceptors (Lipinski definition) is 3. The Morgan fingerprint density at radius 1 is 0.900 bits per heavy atom. The Morgan fingerprint density at radius 3 is 2.50 bits per heavy atom. The van der Waals surface area contributed by atoms with Crippen molar-refractivity contribution in [3.8, 4) is 0 Å². The first-order chi connectivity index (χ1) is 9.88. The van der Waals surface area contributed by atoms with Crippen LogP contribution in [0.3, 0.4) is 0 Å². The lowest BCUT2D eigenvalue weighted by Gasteiger charge is -2.03. The quantitative estimate of drug-likeness (QED) is 0.359. The molecule has 0 spiro atoms. The van der Waals surface area contributed by atoms with Crippen molar-refractivity contribution in [1.29, 1.82) is 0 Å². The van der Waals surface area contributed by atoms with Crippen LogP contribution in [0.25, 0.3) is 0 Å². The van der Waals surface area contributed by atoms with Crippen LogP contribution in [-0.4, -0.2) is 16.4 Å². The van der Waals surface area contributed by atoms with Crippen molar-refractivity contribution >= 4 is 6.21 Å². The van der Waals surface area contributed by atoms with Crippen LogP contribution in [0.1, 0.15) is 36.2 Å². The Bertz CT molecular complexity index is 538. The molecule has 104 valence electrons. The summed E-state index contributed by atoms with van der Waals surface area (Å²) in [4.78, 5) is 4.41. The molecule has 0 fully saturated rings. The van der Waals surface area contributed by atoms with Gasteiger partial charge < -0.3 is 5.21 Å². The summed E-state index contributed by atoms with van der Waals surface area (Å²) >= 11 is 0. The molecule has 2 rings (SSSR count). The summed E-state index contributed by atoms with van der Waals surface area (Å²) in [6.45, 7) is 0. The van der Waals surface area contributed by atoms with Gasteiger partial charge in [0.2, 0.25) is 0 Å². The molecule has 1 aromatic heterocycles. The summed E-state index contributed by atoms with van der Waals surface area (Å²) in [5, 5.41) is 11.5. The lowest BCUT2D eigenvalue weighted by molar-refractivity contribution is 0.321. The minimum Gasteiger partial charge on any atom is -0.411 e. The van der Waals surface area contributed by atoms with Crippen molar-refractivity contribution in [2.75, 3.05) is 0 Å². The van der Waals surface area contributed by atoms with Crippen molar-refractivity contribution in [2.45, 2.75) is 32.1 Å². The van der Waals surface area contributed by atoms with Crippen LogP contribution in [0, 0.1) is 0 Å². The zero-order chi connectivity index (χ0) is 14.0. The number of unbranched alkanes of at least 4 members (excludes halogenated alkanes) is 2. The van der Waals surface area contributed by atoms with E-state index in [1.807, 2.05) is 18.2 Å². The Balaban J connectivity index is 1.69.